The van der Waals surface area contributed by atoms with Gasteiger partial charge in [0.2, 0.25) is 5.91 Å². The number of nitrogens with two attached hydrogens (primary N) is 1. The molecular formula is C14H15F3N2O. The van der Waals surface area contributed by atoms with Crippen LogP contribution in [0, 0.1) is 18.8 Å². The van der Waals surface area contributed by atoms with E-state index < -0.39 is 24.9 Å². The quantitative estimate of drug-likeness (QED) is 0.838. The minimum absolute atomic E-state index is 0.245. The molecule has 0 saturated heterocycles. The maximum Gasteiger partial charge on any atom is 0.389 e. The summed E-state index contributed by atoms with van der Waals surface area (Å²) < 4.78 is 36.0. The van der Waals surface area contributed by atoms with Crippen molar-refractivity contribution in [3.8, 4) is 11.8 Å². The van der Waals surface area contributed by atoms with Crippen LogP contribution in [0.25, 0.3) is 0 Å². The maximum atomic E-state index is 12.0. The fourth-order valence-electron chi connectivity index (χ4n) is 1.50. The number of alkyl halides is 3. The van der Waals surface area contributed by atoms with Crippen molar-refractivity contribution in [2.24, 2.45) is 5.73 Å². The average Bonchev–Trinajstić information content (AvgIpc) is 2.36. The molecule has 108 valence electrons. The van der Waals surface area contributed by atoms with Gasteiger partial charge in [-0.05, 0) is 30.7 Å². The lowest BCUT2D eigenvalue weighted by Gasteiger charge is -2.10. The Morgan fingerprint density at radius 1 is 1.40 bits per heavy atom. The highest BCUT2D eigenvalue weighted by Gasteiger charge is 2.27. The van der Waals surface area contributed by atoms with Crippen LogP contribution >= 0.6 is 0 Å². The predicted octanol–water partition coefficient (Wildman–Crippen LogP) is 2.59. The molecule has 0 aliphatic heterocycles. The van der Waals surface area contributed by atoms with Gasteiger partial charge in [-0.2, -0.15) is 13.2 Å². The smallest absolute Gasteiger partial charge is 0.326 e. The van der Waals surface area contributed by atoms with Gasteiger partial charge >= 0.3 is 6.18 Å². The third kappa shape index (κ3) is 5.76. The van der Waals surface area contributed by atoms with Gasteiger partial charge in [-0.3, -0.25) is 4.79 Å². The number of halogens is 3. The molecule has 0 radical (unpaired) electrons. The molecule has 6 heteroatoms. The van der Waals surface area contributed by atoms with Crippen LogP contribution in [0.15, 0.2) is 18.2 Å². The van der Waals surface area contributed by atoms with Gasteiger partial charge in [0.25, 0.3) is 0 Å². The lowest BCUT2D eigenvalue weighted by Crippen LogP contribution is -2.17. The van der Waals surface area contributed by atoms with Crippen molar-refractivity contribution in [2.75, 3.05) is 11.9 Å². The zero-order valence-corrected chi connectivity index (χ0v) is 11.0. The van der Waals surface area contributed by atoms with E-state index in [9.17, 15) is 18.0 Å². The van der Waals surface area contributed by atoms with Gasteiger partial charge in [0.15, 0.2) is 0 Å². The summed E-state index contributed by atoms with van der Waals surface area (Å²) in [7, 11) is 0. The molecule has 1 aromatic rings. The third-order valence-electron chi connectivity index (χ3n) is 2.47. The van der Waals surface area contributed by atoms with E-state index in [4.69, 9.17) is 5.73 Å². The molecule has 0 heterocycles. The zero-order valence-electron chi connectivity index (χ0n) is 11.0. The monoisotopic (exact) mass is 284 g/mol. The minimum Gasteiger partial charge on any atom is -0.326 e. The van der Waals surface area contributed by atoms with Crippen LogP contribution in [0.5, 0.6) is 0 Å². The molecular weight excluding hydrogens is 269 g/mol. The van der Waals surface area contributed by atoms with Crippen LogP contribution in [-0.4, -0.2) is 18.6 Å². The Balaban J connectivity index is 2.67. The second-order valence-corrected chi connectivity index (χ2v) is 4.20. The van der Waals surface area contributed by atoms with Gasteiger partial charge in [-0.25, -0.2) is 0 Å². The molecule has 1 amide bonds. The van der Waals surface area contributed by atoms with Gasteiger partial charge in [-0.15, -0.1) is 0 Å². The van der Waals surface area contributed by atoms with E-state index in [-0.39, 0.29) is 6.54 Å². The summed E-state index contributed by atoms with van der Waals surface area (Å²) >= 11 is 0. The van der Waals surface area contributed by atoms with Crippen LogP contribution in [0.3, 0.4) is 0 Å². The van der Waals surface area contributed by atoms with E-state index in [1.54, 1.807) is 25.1 Å². The SMILES string of the molecule is Cc1cc(C#CCN)ccc1NC(=O)CCC(F)(F)F. The fourth-order valence-corrected chi connectivity index (χ4v) is 1.50. The van der Waals surface area contributed by atoms with Crippen LogP contribution < -0.4 is 11.1 Å². The normalized spacial score (nSPS) is 10.7. The fraction of sp³-hybridized carbons (Fsp3) is 0.357. The highest BCUT2D eigenvalue weighted by molar-refractivity contribution is 5.91. The summed E-state index contributed by atoms with van der Waals surface area (Å²) in [5.41, 5.74) is 7.21. The Labute approximate surface area is 115 Å². The Hall–Kier alpha value is -2.00. The van der Waals surface area contributed by atoms with Gasteiger partial charge in [0, 0.05) is 17.7 Å². The molecule has 0 unspecified atom stereocenters. The van der Waals surface area contributed by atoms with E-state index >= 15 is 0 Å². The maximum absolute atomic E-state index is 12.0. The van der Waals surface area contributed by atoms with E-state index in [0.29, 0.717) is 5.69 Å². The average molecular weight is 284 g/mol. The summed E-state index contributed by atoms with van der Waals surface area (Å²) in [5.74, 6) is 4.87. The molecule has 3 N–H and O–H groups in total. The first-order valence-electron chi connectivity index (χ1n) is 5.98. The van der Waals surface area contributed by atoms with Crippen molar-refractivity contribution < 1.29 is 18.0 Å². The van der Waals surface area contributed by atoms with Crippen molar-refractivity contribution in [2.45, 2.75) is 25.9 Å². The molecule has 20 heavy (non-hydrogen) atoms. The molecule has 0 fully saturated rings. The molecule has 0 spiro atoms. The van der Waals surface area contributed by atoms with E-state index in [1.165, 1.54) is 0 Å². The lowest BCUT2D eigenvalue weighted by atomic mass is 10.1. The Kier molecular flexibility index (Phi) is 5.59. The number of anilines is 1. The number of carbonyl (C=O) groups excluding carboxylic acids is 1. The summed E-state index contributed by atoms with van der Waals surface area (Å²) in [6.45, 7) is 1.99. The molecule has 1 aromatic carbocycles. The lowest BCUT2D eigenvalue weighted by molar-refractivity contribution is -0.142. The van der Waals surface area contributed by atoms with E-state index in [2.05, 4.69) is 17.2 Å². The standard InChI is InChI=1S/C14H15F3N2O/c1-10-9-11(3-2-8-18)4-5-12(10)19-13(20)6-7-14(15,16)17/h4-5,9H,6-8,18H2,1H3,(H,19,20). The first-order valence-corrected chi connectivity index (χ1v) is 5.98. The number of aryl methyl sites for hydroxylation is 1. The molecule has 0 bridgehead atoms. The van der Waals surface area contributed by atoms with Gasteiger partial charge in [0.05, 0.1) is 13.0 Å². The van der Waals surface area contributed by atoms with Crippen molar-refractivity contribution in [1.82, 2.24) is 0 Å². The van der Waals surface area contributed by atoms with Crippen LogP contribution in [0.2, 0.25) is 0 Å². The first-order chi connectivity index (χ1) is 9.31. The number of benzene rings is 1. The molecule has 0 aliphatic carbocycles. The molecule has 0 atom stereocenters. The largest absolute Gasteiger partial charge is 0.389 e. The van der Waals surface area contributed by atoms with Gasteiger partial charge in [-0.1, -0.05) is 11.8 Å². The first kappa shape index (κ1) is 16.1. The summed E-state index contributed by atoms with van der Waals surface area (Å²) in [4.78, 5) is 11.4. The van der Waals surface area contributed by atoms with Gasteiger partial charge in [0.1, 0.15) is 0 Å². The second kappa shape index (κ2) is 6.96. The number of carbonyl (C=O) groups is 1. The summed E-state index contributed by atoms with van der Waals surface area (Å²) in [6.07, 6.45) is -6.04. The Bertz CT molecular complexity index is 542. The van der Waals surface area contributed by atoms with E-state index in [1.807, 2.05) is 0 Å². The third-order valence-corrected chi connectivity index (χ3v) is 2.47. The summed E-state index contributed by atoms with van der Waals surface area (Å²) in [5, 5.41) is 2.45. The van der Waals surface area contributed by atoms with Gasteiger partial charge < -0.3 is 11.1 Å². The Morgan fingerprint density at radius 3 is 2.65 bits per heavy atom. The number of rotatable bonds is 3. The highest BCUT2D eigenvalue weighted by Crippen LogP contribution is 2.22. The Morgan fingerprint density at radius 2 is 2.10 bits per heavy atom. The number of hydrogen-bond donors (Lipinski definition) is 2. The predicted molar refractivity (Wildman–Crippen MR) is 71.0 cm³/mol. The highest BCUT2D eigenvalue weighted by atomic mass is 19.4. The van der Waals surface area contributed by atoms with Crippen LogP contribution in [0.4, 0.5) is 18.9 Å². The van der Waals surface area contributed by atoms with Crippen LogP contribution in [-0.2, 0) is 4.79 Å². The number of hydrogen-bond acceptors (Lipinski definition) is 2. The molecule has 0 aromatic heterocycles. The molecule has 1 rings (SSSR count). The molecule has 0 saturated carbocycles. The zero-order chi connectivity index (χ0) is 15.2. The topological polar surface area (TPSA) is 55.1 Å². The second-order valence-electron chi connectivity index (χ2n) is 4.20. The van der Waals surface area contributed by atoms with Crippen molar-refractivity contribution >= 4 is 11.6 Å². The number of amides is 1. The molecule has 0 aliphatic rings. The minimum atomic E-state index is -4.33. The van der Waals surface area contributed by atoms with Crippen molar-refractivity contribution in [3.63, 3.8) is 0 Å². The molecule has 3 nitrogen and oxygen atoms in total. The van der Waals surface area contributed by atoms with Crippen molar-refractivity contribution in [3.05, 3.63) is 29.3 Å². The van der Waals surface area contributed by atoms with Crippen LogP contribution in [0.1, 0.15) is 24.0 Å². The summed E-state index contributed by atoms with van der Waals surface area (Å²) in [6, 6.07) is 5.03. The van der Waals surface area contributed by atoms with Crippen molar-refractivity contribution in [1.29, 1.82) is 0 Å². The number of nitrogens with one attached hydrogen (secondary N) is 1. The van der Waals surface area contributed by atoms with E-state index in [0.717, 1.165) is 11.1 Å².